The smallest absolute Gasteiger partial charge is 0.372 e. The molecule has 0 saturated carbocycles. The Balaban J connectivity index is 2.14. The maximum absolute atomic E-state index is 13.9. The van der Waals surface area contributed by atoms with E-state index in [4.69, 9.17) is 5.11 Å². The highest BCUT2D eigenvalue weighted by Gasteiger charge is 2.37. The van der Waals surface area contributed by atoms with Crippen LogP contribution in [-0.4, -0.2) is 38.4 Å². The van der Waals surface area contributed by atoms with Crippen LogP contribution in [0.4, 0.5) is 10.1 Å². The number of anilines is 1. The highest BCUT2D eigenvalue weighted by Crippen LogP contribution is 2.39. The molecule has 0 amide bonds. The molecular formula is C12H9FN4O3. The third-order valence-electron chi connectivity index (χ3n) is 3.18. The van der Waals surface area contributed by atoms with Gasteiger partial charge in [-0.15, -0.1) is 0 Å². The van der Waals surface area contributed by atoms with Crippen LogP contribution in [0.2, 0.25) is 0 Å². The van der Waals surface area contributed by atoms with Crippen LogP contribution in [0.25, 0.3) is 11.4 Å². The standard InChI is InChI=1S/C12H9FN4O3/c13-6-2-16-9(7-3-14-4-17-7)10-8(6)5(1-15-10)11(18)12(19)20/h2-5,15H,1H2,(H,14,17)(H,19,20). The van der Waals surface area contributed by atoms with Crippen LogP contribution in [0, 0.1) is 5.82 Å². The van der Waals surface area contributed by atoms with Crippen LogP contribution in [-0.2, 0) is 9.59 Å². The molecule has 1 aliphatic heterocycles. The van der Waals surface area contributed by atoms with Crippen molar-refractivity contribution in [2.45, 2.75) is 5.92 Å². The van der Waals surface area contributed by atoms with Crippen LogP contribution in [0.5, 0.6) is 0 Å². The lowest BCUT2D eigenvalue weighted by Crippen LogP contribution is -2.23. The number of fused-ring (bicyclic) bond motifs is 1. The minimum Gasteiger partial charge on any atom is -0.475 e. The van der Waals surface area contributed by atoms with E-state index < -0.39 is 23.5 Å². The normalized spacial score (nSPS) is 16.6. The summed E-state index contributed by atoms with van der Waals surface area (Å²) in [5.74, 6) is -4.37. The molecule has 8 heteroatoms. The molecule has 0 aromatic carbocycles. The number of pyridine rings is 1. The SMILES string of the molecule is O=C(O)C(=O)C1CNc2c(-c3cnc[nH]3)ncc(F)c21. The second kappa shape index (κ2) is 4.41. The van der Waals surface area contributed by atoms with Gasteiger partial charge in [-0.25, -0.2) is 19.2 Å². The van der Waals surface area contributed by atoms with E-state index in [9.17, 15) is 14.0 Å². The zero-order valence-electron chi connectivity index (χ0n) is 10.1. The summed E-state index contributed by atoms with van der Waals surface area (Å²) in [7, 11) is 0. The number of carboxylic acid groups (broad SMARTS) is 1. The lowest BCUT2D eigenvalue weighted by molar-refractivity contribution is -0.149. The maximum atomic E-state index is 13.9. The van der Waals surface area contributed by atoms with Crippen molar-refractivity contribution in [1.82, 2.24) is 15.0 Å². The first-order chi connectivity index (χ1) is 9.59. The molecule has 3 N–H and O–H groups in total. The lowest BCUT2D eigenvalue weighted by atomic mass is 9.96. The van der Waals surface area contributed by atoms with E-state index in [0.29, 0.717) is 17.1 Å². The van der Waals surface area contributed by atoms with Crippen molar-refractivity contribution >= 4 is 17.4 Å². The lowest BCUT2D eigenvalue weighted by Gasteiger charge is -2.08. The molecule has 0 saturated heterocycles. The molecule has 0 fully saturated rings. The Morgan fingerprint density at radius 2 is 2.20 bits per heavy atom. The zero-order valence-corrected chi connectivity index (χ0v) is 10.1. The van der Waals surface area contributed by atoms with Gasteiger partial charge in [-0.05, 0) is 0 Å². The van der Waals surface area contributed by atoms with E-state index in [1.54, 1.807) is 0 Å². The first-order valence-electron chi connectivity index (χ1n) is 5.77. The molecule has 1 aliphatic rings. The monoisotopic (exact) mass is 276 g/mol. The van der Waals surface area contributed by atoms with Gasteiger partial charge in [0.25, 0.3) is 0 Å². The number of aromatic nitrogens is 3. The first-order valence-corrected chi connectivity index (χ1v) is 5.77. The molecule has 3 heterocycles. The molecule has 2 aromatic rings. The average molecular weight is 276 g/mol. The zero-order chi connectivity index (χ0) is 14.3. The van der Waals surface area contributed by atoms with Gasteiger partial charge in [0.05, 0.1) is 36.0 Å². The first kappa shape index (κ1) is 12.3. The van der Waals surface area contributed by atoms with Crippen molar-refractivity contribution in [3.05, 3.63) is 30.1 Å². The number of ketones is 1. The van der Waals surface area contributed by atoms with Gasteiger partial charge in [-0.3, -0.25) is 4.79 Å². The Hall–Kier alpha value is -2.77. The number of Topliss-reactive ketones (excluding diaryl/α,β-unsaturated/α-hetero) is 1. The molecule has 0 aliphatic carbocycles. The number of aliphatic carboxylic acids is 1. The summed E-state index contributed by atoms with van der Waals surface area (Å²) in [6.45, 7) is 0.0320. The third-order valence-corrected chi connectivity index (χ3v) is 3.18. The largest absolute Gasteiger partial charge is 0.475 e. The number of nitrogens with zero attached hydrogens (tertiary/aromatic N) is 2. The molecule has 102 valence electrons. The Labute approximate surface area is 111 Å². The number of carbonyl (C=O) groups is 2. The summed E-state index contributed by atoms with van der Waals surface area (Å²) in [5, 5.41) is 11.6. The van der Waals surface area contributed by atoms with Crippen LogP contribution >= 0.6 is 0 Å². The number of halogens is 1. The van der Waals surface area contributed by atoms with Gasteiger partial charge in [0.15, 0.2) is 0 Å². The predicted molar refractivity (Wildman–Crippen MR) is 65.7 cm³/mol. The van der Waals surface area contributed by atoms with E-state index in [2.05, 4.69) is 20.3 Å². The second-order valence-electron chi connectivity index (χ2n) is 4.31. The summed E-state index contributed by atoms with van der Waals surface area (Å²) in [4.78, 5) is 33.0. The molecule has 7 nitrogen and oxygen atoms in total. The Morgan fingerprint density at radius 1 is 1.40 bits per heavy atom. The van der Waals surface area contributed by atoms with Crippen LogP contribution in [0.3, 0.4) is 0 Å². The van der Waals surface area contributed by atoms with Gasteiger partial charge in [0.1, 0.15) is 11.5 Å². The van der Waals surface area contributed by atoms with Crippen LogP contribution in [0.15, 0.2) is 18.7 Å². The van der Waals surface area contributed by atoms with Gasteiger partial charge in [-0.1, -0.05) is 0 Å². The number of imidazole rings is 1. The molecule has 0 bridgehead atoms. The number of aromatic amines is 1. The molecule has 1 unspecified atom stereocenters. The van der Waals surface area contributed by atoms with Crippen molar-refractivity contribution in [3.8, 4) is 11.4 Å². The fraction of sp³-hybridized carbons (Fsp3) is 0.167. The molecule has 3 rings (SSSR count). The van der Waals surface area contributed by atoms with Crippen molar-refractivity contribution in [2.75, 3.05) is 11.9 Å². The summed E-state index contributed by atoms with van der Waals surface area (Å²) in [5.41, 5.74) is 1.32. The second-order valence-corrected chi connectivity index (χ2v) is 4.31. The van der Waals surface area contributed by atoms with Gasteiger partial charge < -0.3 is 15.4 Å². The number of hydrogen-bond donors (Lipinski definition) is 3. The summed E-state index contributed by atoms with van der Waals surface area (Å²) >= 11 is 0. The highest BCUT2D eigenvalue weighted by atomic mass is 19.1. The fourth-order valence-electron chi connectivity index (χ4n) is 2.29. The number of hydrogen-bond acceptors (Lipinski definition) is 5. The molecule has 20 heavy (non-hydrogen) atoms. The quantitative estimate of drug-likeness (QED) is 0.715. The van der Waals surface area contributed by atoms with Gasteiger partial charge in [0.2, 0.25) is 5.78 Å². The van der Waals surface area contributed by atoms with Crippen LogP contribution in [0.1, 0.15) is 11.5 Å². The average Bonchev–Trinajstić information content (AvgIpc) is 3.07. The van der Waals surface area contributed by atoms with Crippen LogP contribution < -0.4 is 5.32 Å². The van der Waals surface area contributed by atoms with Gasteiger partial charge in [0, 0.05) is 12.1 Å². The van der Waals surface area contributed by atoms with Crippen molar-refractivity contribution in [1.29, 1.82) is 0 Å². The minimum absolute atomic E-state index is 0.0320. The maximum Gasteiger partial charge on any atom is 0.372 e. The van der Waals surface area contributed by atoms with Gasteiger partial charge in [-0.2, -0.15) is 0 Å². The van der Waals surface area contributed by atoms with E-state index in [0.717, 1.165) is 6.20 Å². The summed E-state index contributed by atoms with van der Waals surface area (Å²) in [6, 6.07) is 0. The molecule has 0 radical (unpaired) electrons. The molecule has 1 atom stereocenters. The highest BCUT2D eigenvalue weighted by molar-refractivity contribution is 6.35. The third kappa shape index (κ3) is 1.73. The Bertz CT molecular complexity index is 699. The topological polar surface area (TPSA) is 108 Å². The number of H-pyrrole nitrogens is 1. The predicted octanol–water partition coefficient (Wildman–Crippen LogP) is 0.774. The summed E-state index contributed by atoms with van der Waals surface area (Å²) < 4.78 is 13.9. The van der Waals surface area contributed by atoms with E-state index in [-0.39, 0.29) is 12.1 Å². The Morgan fingerprint density at radius 3 is 2.85 bits per heavy atom. The fourth-order valence-corrected chi connectivity index (χ4v) is 2.29. The number of rotatable bonds is 3. The number of carboxylic acids is 1. The van der Waals surface area contributed by atoms with Gasteiger partial charge >= 0.3 is 5.97 Å². The van der Waals surface area contributed by atoms with E-state index >= 15 is 0 Å². The Kier molecular flexibility index (Phi) is 2.70. The summed E-state index contributed by atoms with van der Waals surface area (Å²) in [6.07, 6.45) is 3.93. The minimum atomic E-state index is -1.58. The molecule has 2 aromatic heterocycles. The molecular weight excluding hydrogens is 267 g/mol. The van der Waals surface area contributed by atoms with Crippen molar-refractivity contribution in [3.63, 3.8) is 0 Å². The molecule has 0 spiro atoms. The van der Waals surface area contributed by atoms with E-state index in [1.807, 2.05) is 0 Å². The number of nitrogens with one attached hydrogen (secondary N) is 2. The number of carbonyl (C=O) groups excluding carboxylic acids is 1. The van der Waals surface area contributed by atoms with E-state index in [1.165, 1.54) is 12.5 Å². The van der Waals surface area contributed by atoms with Crippen molar-refractivity contribution in [2.24, 2.45) is 0 Å². The van der Waals surface area contributed by atoms with Crippen molar-refractivity contribution < 1.29 is 19.1 Å².